The summed E-state index contributed by atoms with van der Waals surface area (Å²) < 4.78 is 5.19. The van der Waals surface area contributed by atoms with Gasteiger partial charge in [-0.15, -0.1) is 0 Å². The van der Waals surface area contributed by atoms with Gasteiger partial charge in [0.05, 0.1) is 12.8 Å². The number of hydrogen-bond donors (Lipinski definition) is 3. The second kappa shape index (κ2) is 10.6. The number of carbonyl (C=O) groups excluding carboxylic acids is 2. The highest BCUT2D eigenvalue weighted by molar-refractivity contribution is 6.30. The molecule has 31 heavy (non-hydrogen) atoms. The maximum Gasteiger partial charge on any atom is 0.407 e. The van der Waals surface area contributed by atoms with Gasteiger partial charge in [0.1, 0.15) is 6.04 Å². The van der Waals surface area contributed by atoms with E-state index in [1.165, 1.54) is 6.21 Å². The number of hydrogen-bond acceptors (Lipinski definition) is 4. The van der Waals surface area contributed by atoms with Crippen molar-refractivity contribution in [2.24, 2.45) is 11.0 Å². The molecule has 0 fully saturated rings. The van der Waals surface area contributed by atoms with Crippen molar-refractivity contribution >= 4 is 40.7 Å². The zero-order valence-corrected chi connectivity index (χ0v) is 18.1. The second-order valence-corrected chi connectivity index (χ2v) is 7.98. The van der Waals surface area contributed by atoms with Crippen LogP contribution in [0.15, 0.2) is 59.8 Å². The number of para-hydroxylation sites is 1. The molecule has 3 rings (SSSR count). The van der Waals surface area contributed by atoms with E-state index < -0.39 is 18.0 Å². The lowest BCUT2D eigenvalue weighted by Gasteiger charge is -2.17. The molecule has 2 amide bonds. The third-order valence-electron chi connectivity index (χ3n) is 4.51. The number of benzene rings is 2. The number of nitrogens with one attached hydrogen (secondary N) is 3. The van der Waals surface area contributed by atoms with E-state index in [2.05, 4.69) is 20.8 Å². The van der Waals surface area contributed by atoms with Crippen molar-refractivity contribution in [2.45, 2.75) is 26.3 Å². The number of nitrogens with zero attached hydrogens (tertiary/aromatic N) is 1. The van der Waals surface area contributed by atoms with Crippen molar-refractivity contribution in [3.8, 4) is 0 Å². The van der Waals surface area contributed by atoms with Crippen LogP contribution in [0.1, 0.15) is 25.0 Å². The predicted octanol–water partition coefficient (Wildman–Crippen LogP) is 4.26. The summed E-state index contributed by atoms with van der Waals surface area (Å²) in [6.45, 7) is 4.14. The van der Waals surface area contributed by atoms with Crippen LogP contribution < -0.4 is 10.7 Å². The molecule has 1 atom stereocenters. The van der Waals surface area contributed by atoms with Crippen LogP contribution in [0.25, 0.3) is 10.9 Å². The molecule has 0 spiro atoms. The van der Waals surface area contributed by atoms with Gasteiger partial charge in [0.15, 0.2) is 0 Å². The molecule has 0 aliphatic heterocycles. The van der Waals surface area contributed by atoms with Crippen LogP contribution in [0.2, 0.25) is 5.02 Å². The first-order valence-electron chi connectivity index (χ1n) is 9.99. The molecule has 0 saturated heterocycles. The topological polar surface area (TPSA) is 95.6 Å². The molecule has 0 aliphatic carbocycles. The molecule has 0 radical (unpaired) electrons. The van der Waals surface area contributed by atoms with E-state index in [0.29, 0.717) is 5.02 Å². The van der Waals surface area contributed by atoms with Gasteiger partial charge in [-0.25, -0.2) is 10.2 Å². The maximum atomic E-state index is 12.8. The van der Waals surface area contributed by atoms with Crippen molar-refractivity contribution in [2.75, 3.05) is 6.61 Å². The summed E-state index contributed by atoms with van der Waals surface area (Å²) in [5.41, 5.74) is 5.14. The van der Waals surface area contributed by atoms with Crippen LogP contribution in [-0.4, -0.2) is 35.8 Å². The summed E-state index contributed by atoms with van der Waals surface area (Å²) in [5.74, 6) is -0.257. The Labute approximate surface area is 185 Å². The van der Waals surface area contributed by atoms with Gasteiger partial charge in [-0.2, -0.15) is 5.10 Å². The molecule has 1 heterocycles. The summed E-state index contributed by atoms with van der Waals surface area (Å²) in [4.78, 5) is 28.2. The van der Waals surface area contributed by atoms with E-state index in [-0.39, 0.29) is 18.9 Å². The molecule has 3 N–H and O–H groups in total. The first kappa shape index (κ1) is 22.4. The monoisotopic (exact) mass is 440 g/mol. The Balaban J connectivity index is 1.71. The van der Waals surface area contributed by atoms with Gasteiger partial charge in [0.25, 0.3) is 5.91 Å². The zero-order chi connectivity index (χ0) is 22.2. The normalized spacial score (nSPS) is 12.3. The molecule has 0 bridgehead atoms. The number of amides is 2. The molecule has 1 aromatic heterocycles. The highest BCUT2D eigenvalue weighted by Crippen LogP contribution is 2.19. The van der Waals surface area contributed by atoms with Crippen LogP contribution in [0.4, 0.5) is 4.79 Å². The molecule has 162 valence electrons. The highest BCUT2D eigenvalue weighted by Gasteiger charge is 2.23. The fourth-order valence-corrected chi connectivity index (χ4v) is 3.08. The summed E-state index contributed by atoms with van der Waals surface area (Å²) in [7, 11) is 0. The standard InChI is InChI=1S/C23H25ClN4O3/c1-15(2)14-31-23(30)27-21(11-17-13-25-20-6-4-3-5-19(17)20)22(29)28-26-12-16-7-9-18(24)10-8-16/h3-10,12-13,15,21,25H,11,14H2,1-2H3,(H,27,30)(H,28,29)/b26-12+. The summed E-state index contributed by atoms with van der Waals surface area (Å²) in [5, 5.41) is 8.25. The van der Waals surface area contributed by atoms with E-state index >= 15 is 0 Å². The largest absolute Gasteiger partial charge is 0.449 e. The van der Waals surface area contributed by atoms with Crippen molar-refractivity contribution in [3.63, 3.8) is 0 Å². The quantitative estimate of drug-likeness (QED) is 0.360. The SMILES string of the molecule is CC(C)COC(=O)NC(Cc1c[nH]c2ccccc12)C(=O)N/N=C/c1ccc(Cl)cc1. The number of halogens is 1. The molecular formula is C23H25ClN4O3. The molecule has 0 saturated carbocycles. The molecule has 0 aliphatic rings. The number of aromatic amines is 1. The predicted molar refractivity (Wildman–Crippen MR) is 122 cm³/mol. The third kappa shape index (κ3) is 6.58. The Morgan fingerprint density at radius 2 is 1.90 bits per heavy atom. The average molecular weight is 441 g/mol. The van der Waals surface area contributed by atoms with Crippen LogP contribution >= 0.6 is 11.6 Å². The number of aromatic nitrogens is 1. The van der Waals surface area contributed by atoms with E-state index in [1.54, 1.807) is 24.3 Å². The number of ether oxygens (including phenoxy) is 1. The summed E-state index contributed by atoms with van der Waals surface area (Å²) >= 11 is 5.87. The van der Waals surface area contributed by atoms with Crippen LogP contribution in [-0.2, 0) is 16.0 Å². The number of carbonyl (C=O) groups is 2. The number of alkyl carbamates (subject to hydrolysis) is 1. The van der Waals surface area contributed by atoms with Gasteiger partial charge in [-0.1, -0.05) is 55.8 Å². The minimum Gasteiger partial charge on any atom is -0.449 e. The van der Waals surface area contributed by atoms with Gasteiger partial charge in [-0.3, -0.25) is 4.79 Å². The van der Waals surface area contributed by atoms with Gasteiger partial charge < -0.3 is 15.0 Å². The summed E-state index contributed by atoms with van der Waals surface area (Å²) in [6.07, 6.45) is 2.98. The van der Waals surface area contributed by atoms with Gasteiger partial charge in [0.2, 0.25) is 0 Å². The average Bonchev–Trinajstić information content (AvgIpc) is 3.16. The third-order valence-corrected chi connectivity index (χ3v) is 4.77. The van der Waals surface area contributed by atoms with Crippen LogP contribution in [0.3, 0.4) is 0 Å². The van der Waals surface area contributed by atoms with E-state index in [1.807, 2.05) is 44.3 Å². The first-order valence-corrected chi connectivity index (χ1v) is 10.4. The molecule has 3 aromatic rings. The van der Waals surface area contributed by atoms with Gasteiger partial charge >= 0.3 is 6.09 Å². The maximum absolute atomic E-state index is 12.8. The number of hydrazone groups is 1. The lowest BCUT2D eigenvalue weighted by Crippen LogP contribution is -2.47. The molecule has 1 unspecified atom stereocenters. The summed E-state index contributed by atoms with van der Waals surface area (Å²) in [6, 6.07) is 13.9. The van der Waals surface area contributed by atoms with Gasteiger partial charge in [-0.05, 0) is 35.2 Å². The van der Waals surface area contributed by atoms with Crippen molar-refractivity contribution in [1.29, 1.82) is 0 Å². The fraction of sp³-hybridized carbons (Fsp3) is 0.261. The number of fused-ring (bicyclic) bond motifs is 1. The van der Waals surface area contributed by atoms with Crippen LogP contribution in [0.5, 0.6) is 0 Å². The fourth-order valence-electron chi connectivity index (χ4n) is 2.95. The second-order valence-electron chi connectivity index (χ2n) is 7.54. The Bertz CT molecular complexity index is 1060. The minimum atomic E-state index is -0.860. The zero-order valence-electron chi connectivity index (χ0n) is 17.4. The van der Waals surface area contributed by atoms with Crippen molar-refractivity contribution in [3.05, 3.63) is 70.9 Å². The van der Waals surface area contributed by atoms with Crippen molar-refractivity contribution < 1.29 is 14.3 Å². The lowest BCUT2D eigenvalue weighted by molar-refractivity contribution is -0.123. The Morgan fingerprint density at radius 3 is 2.65 bits per heavy atom. The Kier molecular flexibility index (Phi) is 7.67. The molecule has 2 aromatic carbocycles. The number of H-pyrrole nitrogens is 1. The van der Waals surface area contributed by atoms with E-state index in [0.717, 1.165) is 22.0 Å². The van der Waals surface area contributed by atoms with Crippen molar-refractivity contribution in [1.82, 2.24) is 15.7 Å². The van der Waals surface area contributed by atoms with Crippen LogP contribution in [0, 0.1) is 5.92 Å². The van der Waals surface area contributed by atoms with Gasteiger partial charge in [0, 0.05) is 28.5 Å². The lowest BCUT2D eigenvalue weighted by atomic mass is 10.0. The molecule has 7 nitrogen and oxygen atoms in total. The minimum absolute atomic E-state index is 0.190. The first-order chi connectivity index (χ1) is 14.9. The van der Waals surface area contributed by atoms with E-state index in [9.17, 15) is 9.59 Å². The highest BCUT2D eigenvalue weighted by atomic mass is 35.5. The number of rotatable bonds is 8. The smallest absolute Gasteiger partial charge is 0.407 e. The molecular weight excluding hydrogens is 416 g/mol. The molecule has 8 heteroatoms. The van der Waals surface area contributed by atoms with E-state index in [4.69, 9.17) is 16.3 Å². The Morgan fingerprint density at radius 1 is 1.16 bits per heavy atom. The Hall–Kier alpha value is -3.32.